The molecule has 3 nitrogen and oxygen atoms in total. The van der Waals surface area contributed by atoms with Crippen molar-refractivity contribution in [2.24, 2.45) is 5.92 Å². The van der Waals surface area contributed by atoms with Crippen molar-refractivity contribution in [2.75, 3.05) is 19.7 Å². The number of benzene rings is 1. The van der Waals surface area contributed by atoms with Crippen molar-refractivity contribution in [3.8, 4) is 0 Å². The van der Waals surface area contributed by atoms with Crippen molar-refractivity contribution in [1.29, 1.82) is 0 Å². The zero-order valence-electron chi connectivity index (χ0n) is 11.0. The first-order chi connectivity index (χ1) is 9.61. The summed E-state index contributed by atoms with van der Waals surface area (Å²) in [7, 11) is 0. The molecule has 0 aliphatic carbocycles. The predicted molar refractivity (Wildman–Crippen MR) is 74.0 cm³/mol. The minimum atomic E-state index is -2.55. The molecule has 0 aromatic heterocycles. The largest absolute Gasteiger partial charge is 0.396 e. The normalized spacial score (nSPS) is 19.4. The van der Waals surface area contributed by atoms with Crippen LogP contribution in [0, 0.1) is 5.92 Å². The second-order valence-electron chi connectivity index (χ2n) is 4.82. The molecule has 0 spiro atoms. The summed E-state index contributed by atoms with van der Waals surface area (Å²) in [5.74, 6) is -2.69. The summed E-state index contributed by atoms with van der Waals surface area (Å²) in [6.45, 7) is 1.16. The molecular formula is C14H17F2NO2S. The van der Waals surface area contributed by atoms with Crippen LogP contribution < -0.4 is 0 Å². The van der Waals surface area contributed by atoms with Crippen molar-refractivity contribution < 1.29 is 18.7 Å². The molecule has 1 heterocycles. The Kier molecular flexibility index (Phi) is 5.37. The first-order valence-electron chi connectivity index (χ1n) is 6.55. The number of aliphatic hydroxyl groups is 1. The Labute approximate surface area is 121 Å². The van der Waals surface area contributed by atoms with Gasteiger partial charge in [0.05, 0.1) is 5.56 Å². The lowest BCUT2D eigenvalue weighted by Crippen LogP contribution is -2.41. The van der Waals surface area contributed by atoms with E-state index in [1.54, 1.807) is 23.1 Å². The fourth-order valence-corrected chi connectivity index (χ4v) is 3.04. The van der Waals surface area contributed by atoms with Gasteiger partial charge in [-0.05, 0) is 30.9 Å². The highest BCUT2D eigenvalue weighted by molar-refractivity contribution is 7.99. The van der Waals surface area contributed by atoms with Gasteiger partial charge in [0.15, 0.2) is 0 Å². The van der Waals surface area contributed by atoms with Gasteiger partial charge in [0.2, 0.25) is 0 Å². The Morgan fingerprint density at radius 1 is 1.45 bits per heavy atom. The van der Waals surface area contributed by atoms with Crippen LogP contribution in [0.25, 0.3) is 0 Å². The number of amides is 1. The van der Waals surface area contributed by atoms with E-state index in [2.05, 4.69) is 0 Å². The van der Waals surface area contributed by atoms with Crippen LogP contribution in [0.2, 0.25) is 0 Å². The van der Waals surface area contributed by atoms with Crippen molar-refractivity contribution >= 4 is 17.7 Å². The molecule has 1 aromatic rings. The van der Waals surface area contributed by atoms with Crippen LogP contribution in [-0.4, -0.2) is 41.4 Å². The van der Waals surface area contributed by atoms with E-state index in [0.717, 1.165) is 12.8 Å². The third-order valence-electron chi connectivity index (χ3n) is 3.40. The van der Waals surface area contributed by atoms with E-state index >= 15 is 0 Å². The van der Waals surface area contributed by atoms with Gasteiger partial charge in [0, 0.05) is 24.6 Å². The molecule has 2 rings (SSSR count). The minimum absolute atomic E-state index is 0.0528. The van der Waals surface area contributed by atoms with Crippen LogP contribution in [0.3, 0.4) is 0 Å². The van der Waals surface area contributed by atoms with Crippen LogP contribution >= 0.6 is 11.8 Å². The molecule has 6 heteroatoms. The topological polar surface area (TPSA) is 40.5 Å². The van der Waals surface area contributed by atoms with Gasteiger partial charge < -0.3 is 10.0 Å². The summed E-state index contributed by atoms with van der Waals surface area (Å²) >= 11 is 0.394. The number of halogens is 2. The number of hydrogen-bond donors (Lipinski definition) is 1. The molecule has 1 amide bonds. The molecule has 0 unspecified atom stereocenters. The molecule has 0 saturated carbocycles. The molecule has 1 aromatic carbocycles. The molecule has 1 aliphatic heterocycles. The number of rotatable bonds is 4. The smallest absolute Gasteiger partial charge is 0.288 e. The van der Waals surface area contributed by atoms with Crippen LogP contribution in [0.5, 0.6) is 0 Å². The zero-order chi connectivity index (χ0) is 14.5. The lowest BCUT2D eigenvalue weighted by Gasteiger charge is -2.32. The average Bonchev–Trinajstić information content (AvgIpc) is 2.46. The quantitative estimate of drug-likeness (QED) is 0.869. The Bertz CT molecular complexity index is 470. The van der Waals surface area contributed by atoms with Gasteiger partial charge in [-0.2, -0.15) is 8.78 Å². The average molecular weight is 301 g/mol. The van der Waals surface area contributed by atoms with E-state index < -0.39 is 5.76 Å². The Hall–Kier alpha value is -1.14. The van der Waals surface area contributed by atoms with E-state index in [4.69, 9.17) is 0 Å². The predicted octanol–water partition coefficient (Wildman–Crippen LogP) is 2.85. The van der Waals surface area contributed by atoms with Crippen molar-refractivity contribution in [3.05, 3.63) is 29.8 Å². The highest BCUT2D eigenvalue weighted by Crippen LogP contribution is 2.30. The molecule has 1 atom stereocenters. The maximum atomic E-state index is 12.5. The van der Waals surface area contributed by atoms with Gasteiger partial charge in [-0.1, -0.05) is 23.9 Å². The molecule has 0 bridgehead atoms. The van der Waals surface area contributed by atoms with Crippen molar-refractivity contribution in [3.63, 3.8) is 0 Å². The van der Waals surface area contributed by atoms with Crippen LogP contribution in [0.4, 0.5) is 8.78 Å². The molecule has 1 saturated heterocycles. The van der Waals surface area contributed by atoms with Crippen molar-refractivity contribution in [2.45, 2.75) is 23.5 Å². The van der Waals surface area contributed by atoms with Gasteiger partial charge in [0.1, 0.15) is 0 Å². The summed E-state index contributed by atoms with van der Waals surface area (Å²) in [5, 5.41) is 9.19. The molecule has 110 valence electrons. The van der Waals surface area contributed by atoms with Crippen LogP contribution in [0.15, 0.2) is 29.2 Å². The number of alkyl halides is 2. The van der Waals surface area contributed by atoms with Gasteiger partial charge in [-0.15, -0.1) is 0 Å². The Morgan fingerprint density at radius 3 is 2.90 bits per heavy atom. The number of thioether (sulfide) groups is 1. The lowest BCUT2D eigenvalue weighted by molar-refractivity contribution is 0.0617. The van der Waals surface area contributed by atoms with Crippen LogP contribution in [0.1, 0.15) is 23.2 Å². The number of aliphatic hydroxyl groups excluding tert-OH is 1. The second-order valence-corrected chi connectivity index (χ2v) is 5.85. The minimum Gasteiger partial charge on any atom is -0.396 e. The fraction of sp³-hybridized carbons (Fsp3) is 0.500. The summed E-state index contributed by atoms with van der Waals surface area (Å²) < 4.78 is 25.1. The van der Waals surface area contributed by atoms with Gasteiger partial charge in [-0.25, -0.2) is 0 Å². The summed E-state index contributed by atoms with van der Waals surface area (Å²) in [6.07, 6.45) is 1.73. The third-order valence-corrected chi connectivity index (χ3v) is 4.19. The summed E-state index contributed by atoms with van der Waals surface area (Å²) in [6, 6.07) is 6.44. The monoisotopic (exact) mass is 301 g/mol. The van der Waals surface area contributed by atoms with Crippen molar-refractivity contribution in [1.82, 2.24) is 4.90 Å². The Balaban J connectivity index is 2.16. The highest BCUT2D eigenvalue weighted by atomic mass is 32.2. The lowest BCUT2D eigenvalue weighted by atomic mass is 9.98. The molecular weight excluding hydrogens is 284 g/mol. The van der Waals surface area contributed by atoms with E-state index in [1.807, 2.05) is 0 Å². The molecule has 20 heavy (non-hydrogen) atoms. The summed E-state index contributed by atoms with van der Waals surface area (Å²) in [4.78, 5) is 14.4. The third kappa shape index (κ3) is 3.70. The first-order valence-corrected chi connectivity index (χ1v) is 7.43. The zero-order valence-corrected chi connectivity index (χ0v) is 11.8. The first kappa shape index (κ1) is 15.3. The number of carbonyl (C=O) groups is 1. The van der Waals surface area contributed by atoms with Gasteiger partial charge in [0.25, 0.3) is 11.7 Å². The van der Waals surface area contributed by atoms with Gasteiger partial charge >= 0.3 is 0 Å². The SMILES string of the molecule is O=C(c1ccccc1SC(F)F)N1CCC[C@H](CO)C1. The molecule has 1 N–H and O–H groups in total. The highest BCUT2D eigenvalue weighted by Gasteiger charge is 2.26. The summed E-state index contributed by atoms with van der Waals surface area (Å²) in [5.41, 5.74) is 0.316. The van der Waals surface area contributed by atoms with E-state index in [-0.39, 0.29) is 18.4 Å². The standard InChI is InChI=1S/C14H17F2NO2S/c15-14(16)20-12-6-2-1-5-11(12)13(19)17-7-3-4-10(8-17)9-18/h1-2,5-6,10,14,18H,3-4,7-9H2/t10-/m0/s1. The number of carbonyl (C=O) groups excluding carboxylic acids is 1. The number of piperidine rings is 1. The van der Waals surface area contributed by atoms with E-state index in [0.29, 0.717) is 35.3 Å². The number of hydrogen-bond acceptors (Lipinski definition) is 3. The second kappa shape index (κ2) is 7.04. The maximum absolute atomic E-state index is 12.5. The Morgan fingerprint density at radius 2 is 2.20 bits per heavy atom. The fourth-order valence-electron chi connectivity index (χ4n) is 2.41. The molecule has 0 radical (unpaired) electrons. The van der Waals surface area contributed by atoms with Crippen LogP contribution in [-0.2, 0) is 0 Å². The number of likely N-dealkylation sites (tertiary alicyclic amines) is 1. The van der Waals surface area contributed by atoms with E-state index in [1.165, 1.54) is 6.07 Å². The number of nitrogens with zero attached hydrogens (tertiary/aromatic N) is 1. The molecule has 1 fully saturated rings. The molecule has 1 aliphatic rings. The van der Waals surface area contributed by atoms with Gasteiger partial charge in [-0.3, -0.25) is 4.79 Å². The maximum Gasteiger partial charge on any atom is 0.288 e. The van der Waals surface area contributed by atoms with E-state index in [9.17, 15) is 18.7 Å².